The Morgan fingerprint density at radius 3 is 2.12 bits per heavy atom. The van der Waals surface area contributed by atoms with E-state index in [-0.39, 0.29) is 18.2 Å². The number of rotatable bonds is 3. The van der Waals surface area contributed by atoms with E-state index in [0.29, 0.717) is 6.04 Å². The lowest BCUT2D eigenvalue weighted by molar-refractivity contribution is -0.274. The lowest BCUT2D eigenvalue weighted by Gasteiger charge is -2.18. The maximum Gasteiger partial charge on any atom is 0.573 e. The predicted octanol–water partition coefficient (Wildman–Crippen LogP) is 3.61. The molecule has 0 aromatic heterocycles. The van der Waals surface area contributed by atoms with E-state index in [9.17, 15) is 13.2 Å². The predicted molar refractivity (Wildman–Crippen MR) is 61.8 cm³/mol. The van der Waals surface area contributed by atoms with Gasteiger partial charge in [0, 0.05) is 18.8 Å². The van der Waals surface area contributed by atoms with Crippen LogP contribution >= 0.6 is 12.4 Å². The number of hydrogen-bond acceptors (Lipinski definition) is 2. The van der Waals surface area contributed by atoms with E-state index in [1.54, 1.807) is 12.1 Å². The van der Waals surface area contributed by atoms with Crippen molar-refractivity contribution >= 4 is 18.1 Å². The highest BCUT2D eigenvalue weighted by Crippen LogP contribution is 2.31. The van der Waals surface area contributed by atoms with Crippen molar-refractivity contribution < 1.29 is 17.9 Å². The molecule has 0 bridgehead atoms. The van der Waals surface area contributed by atoms with Gasteiger partial charge in [0.15, 0.2) is 0 Å². The van der Waals surface area contributed by atoms with Crippen LogP contribution in [0.3, 0.4) is 0 Å². The summed E-state index contributed by atoms with van der Waals surface area (Å²) < 4.78 is 39.5. The number of hydrogen-bond donors (Lipinski definition) is 0. The van der Waals surface area contributed by atoms with Crippen LogP contribution in [0.4, 0.5) is 18.9 Å². The van der Waals surface area contributed by atoms with Gasteiger partial charge in [-0.15, -0.1) is 25.6 Å². The topological polar surface area (TPSA) is 12.5 Å². The van der Waals surface area contributed by atoms with Gasteiger partial charge >= 0.3 is 6.36 Å². The maximum absolute atomic E-state index is 11.9. The quantitative estimate of drug-likeness (QED) is 0.830. The second kappa shape index (κ2) is 5.04. The Hall–Kier alpha value is -1.10. The molecule has 0 N–H and O–H groups in total. The highest BCUT2D eigenvalue weighted by molar-refractivity contribution is 5.85. The molecule has 1 saturated carbocycles. The fourth-order valence-electron chi connectivity index (χ4n) is 1.56. The van der Waals surface area contributed by atoms with E-state index in [1.165, 1.54) is 12.1 Å². The Kier molecular flexibility index (Phi) is 4.14. The molecule has 96 valence electrons. The highest BCUT2D eigenvalue weighted by Gasteiger charge is 2.31. The molecule has 0 saturated heterocycles. The second-order valence-corrected chi connectivity index (χ2v) is 3.88. The van der Waals surface area contributed by atoms with Crippen LogP contribution in [0.1, 0.15) is 12.8 Å². The zero-order valence-corrected chi connectivity index (χ0v) is 10.0. The molecule has 0 heterocycles. The fraction of sp³-hybridized carbons (Fsp3) is 0.455. The first-order chi connectivity index (χ1) is 7.46. The summed E-state index contributed by atoms with van der Waals surface area (Å²) >= 11 is 0. The SMILES string of the molecule is CN(c1ccc(OC(F)(F)F)cc1)C1CC1.Cl. The van der Waals surface area contributed by atoms with E-state index < -0.39 is 6.36 Å². The van der Waals surface area contributed by atoms with E-state index in [1.807, 2.05) is 7.05 Å². The lowest BCUT2D eigenvalue weighted by Crippen LogP contribution is -2.19. The van der Waals surface area contributed by atoms with Crippen molar-refractivity contribution in [3.63, 3.8) is 0 Å². The summed E-state index contributed by atoms with van der Waals surface area (Å²) in [5, 5.41) is 0. The monoisotopic (exact) mass is 267 g/mol. The Balaban J connectivity index is 0.00000144. The largest absolute Gasteiger partial charge is 0.573 e. The Labute approximate surface area is 104 Å². The van der Waals surface area contributed by atoms with Gasteiger partial charge in [-0.25, -0.2) is 0 Å². The van der Waals surface area contributed by atoms with Gasteiger partial charge < -0.3 is 9.64 Å². The average Bonchev–Trinajstić information content (AvgIpc) is 2.98. The smallest absolute Gasteiger partial charge is 0.406 e. The summed E-state index contributed by atoms with van der Waals surface area (Å²) in [5.41, 5.74) is 0.914. The minimum atomic E-state index is -4.62. The molecule has 1 aromatic rings. The van der Waals surface area contributed by atoms with Gasteiger partial charge in [-0.1, -0.05) is 0 Å². The molecule has 1 fully saturated rings. The van der Waals surface area contributed by atoms with Crippen LogP contribution in [0.15, 0.2) is 24.3 Å². The van der Waals surface area contributed by atoms with Crippen molar-refractivity contribution in [2.24, 2.45) is 0 Å². The normalized spacial score (nSPS) is 15.1. The van der Waals surface area contributed by atoms with Gasteiger partial charge in [0.2, 0.25) is 0 Å². The van der Waals surface area contributed by atoms with E-state index in [4.69, 9.17) is 0 Å². The standard InChI is InChI=1S/C11H12F3NO.ClH/c1-15(8-2-3-8)9-4-6-10(7-5-9)16-11(12,13)14;/h4-8H,2-3H2,1H3;1H. The van der Waals surface area contributed by atoms with Crippen molar-refractivity contribution in [2.75, 3.05) is 11.9 Å². The van der Waals surface area contributed by atoms with Gasteiger partial charge in [0.1, 0.15) is 5.75 Å². The first-order valence-corrected chi connectivity index (χ1v) is 5.04. The lowest BCUT2D eigenvalue weighted by atomic mass is 10.3. The molecular weight excluding hydrogens is 255 g/mol. The van der Waals surface area contributed by atoms with Crippen LogP contribution in [0.25, 0.3) is 0 Å². The van der Waals surface area contributed by atoms with Gasteiger partial charge in [-0.05, 0) is 37.1 Å². The van der Waals surface area contributed by atoms with E-state index in [2.05, 4.69) is 9.64 Å². The molecule has 1 aliphatic rings. The molecule has 0 aliphatic heterocycles. The van der Waals surface area contributed by atoms with Gasteiger partial charge in [-0.3, -0.25) is 0 Å². The minimum Gasteiger partial charge on any atom is -0.406 e. The van der Waals surface area contributed by atoms with Gasteiger partial charge in [-0.2, -0.15) is 0 Å². The summed E-state index contributed by atoms with van der Waals surface area (Å²) in [6.07, 6.45) is -2.32. The van der Waals surface area contributed by atoms with Gasteiger partial charge in [0.05, 0.1) is 0 Å². The molecule has 6 heteroatoms. The van der Waals surface area contributed by atoms with Crippen LogP contribution < -0.4 is 9.64 Å². The summed E-state index contributed by atoms with van der Waals surface area (Å²) in [6, 6.07) is 6.48. The number of halogens is 4. The molecule has 0 radical (unpaired) electrons. The zero-order valence-electron chi connectivity index (χ0n) is 9.20. The average molecular weight is 268 g/mol. The number of anilines is 1. The van der Waals surface area contributed by atoms with Crippen LogP contribution in [0.5, 0.6) is 5.75 Å². The van der Waals surface area contributed by atoms with Crippen molar-refractivity contribution in [1.29, 1.82) is 0 Å². The maximum atomic E-state index is 11.9. The Morgan fingerprint density at radius 1 is 1.18 bits per heavy atom. The molecule has 17 heavy (non-hydrogen) atoms. The van der Waals surface area contributed by atoms with Crippen molar-refractivity contribution in [2.45, 2.75) is 25.2 Å². The summed E-state index contributed by atoms with van der Waals surface area (Å²) in [7, 11) is 1.94. The summed E-state index contributed by atoms with van der Waals surface area (Å²) in [5.74, 6) is -0.180. The number of alkyl halides is 3. The van der Waals surface area contributed by atoms with E-state index >= 15 is 0 Å². The van der Waals surface area contributed by atoms with Crippen LogP contribution in [-0.4, -0.2) is 19.5 Å². The fourth-order valence-corrected chi connectivity index (χ4v) is 1.56. The zero-order chi connectivity index (χ0) is 11.8. The number of ether oxygens (including phenoxy) is 1. The van der Waals surface area contributed by atoms with Crippen molar-refractivity contribution in [1.82, 2.24) is 0 Å². The minimum absolute atomic E-state index is 0. The molecule has 2 rings (SSSR count). The van der Waals surface area contributed by atoms with Gasteiger partial charge in [0.25, 0.3) is 0 Å². The Bertz CT molecular complexity index is 362. The second-order valence-electron chi connectivity index (χ2n) is 3.88. The first kappa shape index (κ1) is 14.0. The molecule has 0 amide bonds. The molecule has 0 unspecified atom stereocenters. The molecular formula is C11H13ClF3NO. The van der Waals surface area contributed by atoms with Crippen LogP contribution in [-0.2, 0) is 0 Å². The number of nitrogens with zero attached hydrogens (tertiary/aromatic N) is 1. The summed E-state index contributed by atoms with van der Waals surface area (Å²) in [4.78, 5) is 2.07. The molecule has 1 aromatic carbocycles. The summed E-state index contributed by atoms with van der Waals surface area (Å²) in [6.45, 7) is 0. The third-order valence-corrected chi connectivity index (χ3v) is 2.57. The first-order valence-electron chi connectivity index (χ1n) is 5.04. The molecule has 1 aliphatic carbocycles. The van der Waals surface area contributed by atoms with Crippen molar-refractivity contribution in [3.05, 3.63) is 24.3 Å². The molecule has 0 spiro atoms. The highest BCUT2D eigenvalue weighted by atomic mass is 35.5. The molecule has 2 nitrogen and oxygen atoms in total. The number of benzene rings is 1. The van der Waals surface area contributed by atoms with Crippen LogP contribution in [0, 0.1) is 0 Å². The van der Waals surface area contributed by atoms with E-state index in [0.717, 1.165) is 18.5 Å². The Morgan fingerprint density at radius 2 is 1.71 bits per heavy atom. The third-order valence-electron chi connectivity index (χ3n) is 2.57. The third kappa shape index (κ3) is 4.00. The molecule has 0 atom stereocenters. The van der Waals surface area contributed by atoms with Crippen LogP contribution in [0.2, 0.25) is 0 Å². The van der Waals surface area contributed by atoms with Crippen molar-refractivity contribution in [3.8, 4) is 5.75 Å².